The van der Waals surface area contributed by atoms with Crippen LogP contribution in [-0.4, -0.2) is 88.7 Å². The van der Waals surface area contributed by atoms with Crippen LogP contribution in [0.5, 0.6) is 5.75 Å². The van der Waals surface area contributed by atoms with Gasteiger partial charge in [0.05, 0.1) is 0 Å². The van der Waals surface area contributed by atoms with Gasteiger partial charge in [0.1, 0.15) is 17.7 Å². The van der Waals surface area contributed by atoms with Crippen LogP contribution in [0, 0.1) is 18.7 Å². The molecule has 2 aromatic rings. The minimum absolute atomic E-state index is 0.0622. The van der Waals surface area contributed by atoms with E-state index in [1.807, 2.05) is 27.5 Å². The smallest absolute Gasteiger partial charge is 0.224 e. The van der Waals surface area contributed by atoms with Gasteiger partial charge in [-0.15, -0.1) is 0 Å². The molecule has 2 aliphatic rings. The van der Waals surface area contributed by atoms with Crippen molar-refractivity contribution in [1.82, 2.24) is 24.5 Å². The van der Waals surface area contributed by atoms with Crippen molar-refractivity contribution in [3.05, 3.63) is 48.0 Å². The maximum absolute atomic E-state index is 13.3. The van der Waals surface area contributed by atoms with E-state index in [-0.39, 0.29) is 29.7 Å². The van der Waals surface area contributed by atoms with Crippen molar-refractivity contribution in [3.8, 4) is 5.75 Å². The molecule has 3 heterocycles. The van der Waals surface area contributed by atoms with Crippen molar-refractivity contribution < 1.29 is 18.7 Å². The summed E-state index contributed by atoms with van der Waals surface area (Å²) in [6.45, 7) is 6.72. The van der Waals surface area contributed by atoms with E-state index in [0.717, 1.165) is 31.9 Å². The molecule has 9 heteroatoms. The zero-order valence-electron chi connectivity index (χ0n) is 20.0. The highest BCUT2D eigenvalue weighted by molar-refractivity contribution is 5.78. The molecule has 0 N–H and O–H groups in total. The van der Waals surface area contributed by atoms with E-state index >= 15 is 0 Å². The number of likely N-dealkylation sites (tertiary alicyclic amines) is 1. The van der Waals surface area contributed by atoms with Crippen molar-refractivity contribution in [2.24, 2.45) is 5.92 Å². The molecule has 0 saturated carbocycles. The van der Waals surface area contributed by atoms with Crippen LogP contribution in [-0.2, 0) is 16.1 Å². The summed E-state index contributed by atoms with van der Waals surface area (Å²) in [6.07, 6.45) is 2.85. The van der Waals surface area contributed by atoms with Gasteiger partial charge in [-0.3, -0.25) is 14.3 Å². The molecule has 2 fully saturated rings. The quantitative estimate of drug-likeness (QED) is 0.619. The highest BCUT2D eigenvalue weighted by Gasteiger charge is 2.35. The number of nitrogens with zero attached hydrogens (tertiary/aromatic N) is 5. The first kappa shape index (κ1) is 24.2. The molecule has 0 radical (unpaired) electrons. The van der Waals surface area contributed by atoms with Crippen LogP contribution in [0.1, 0.15) is 25.0 Å². The maximum atomic E-state index is 13.3. The van der Waals surface area contributed by atoms with Gasteiger partial charge >= 0.3 is 0 Å². The Morgan fingerprint density at radius 1 is 1.03 bits per heavy atom. The molecule has 0 unspecified atom stereocenters. The standard InChI is InChI=1S/C25H34FN5O3/c1-19-7-10-27-31(19)12-9-24(32)30-11-8-23(34-22-5-3-21(26)4-6-22)20(18-30)17-25(33)29-15-13-28(2)14-16-29/h3-7,10,20,23H,8-9,11-18H2,1-2H3/t20-,23-/m0/s1. The minimum atomic E-state index is -0.318. The van der Waals surface area contributed by atoms with Gasteiger partial charge in [0.25, 0.3) is 0 Å². The normalized spacial score (nSPS) is 21.5. The predicted octanol–water partition coefficient (Wildman–Crippen LogP) is 2.18. The number of carbonyl (C=O) groups is 2. The monoisotopic (exact) mass is 471 g/mol. The van der Waals surface area contributed by atoms with Gasteiger partial charge in [0.15, 0.2) is 0 Å². The number of benzene rings is 1. The summed E-state index contributed by atoms with van der Waals surface area (Å²) in [4.78, 5) is 32.1. The molecular formula is C25H34FN5O3. The molecule has 2 amide bonds. The van der Waals surface area contributed by atoms with E-state index < -0.39 is 0 Å². The zero-order chi connectivity index (χ0) is 24.1. The Kier molecular flexibility index (Phi) is 7.82. The molecule has 184 valence electrons. The fourth-order valence-corrected chi connectivity index (χ4v) is 4.68. The van der Waals surface area contributed by atoms with Gasteiger partial charge in [-0.1, -0.05) is 0 Å². The molecule has 34 heavy (non-hydrogen) atoms. The Balaban J connectivity index is 1.40. The lowest BCUT2D eigenvalue weighted by Crippen LogP contribution is -2.51. The molecule has 8 nitrogen and oxygen atoms in total. The Morgan fingerprint density at radius 3 is 2.44 bits per heavy atom. The topological polar surface area (TPSA) is 70.9 Å². The number of carbonyl (C=O) groups excluding carboxylic acids is 2. The van der Waals surface area contributed by atoms with Gasteiger partial charge in [0.2, 0.25) is 11.8 Å². The number of aromatic nitrogens is 2. The second-order valence-corrected chi connectivity index (χ2v) is 9.33. The van der Waals surface area contributed by atoms with Crippen molar-refractivity contribution >= 4 is 11.8 Å². The molecule has 0 aliphatic carbocycles. The van der Waals surface area contributed by atoms with Gasteiger partial charge in [-0.05, 0) is 44.3 Å². The largest absolute Gasteiger partial charge is 0.490 e. The van der Waals surface area contributed by atoms with Crippen LogP contribution in [0.2, 0.25) is 0 Å². The second kappa shape index (κ2) is 11.0. The van der Waals surface area contributed by atoms with E-state index in [1.54, 1.807) is 18.3 Å². The van der Waals surface area contributed by atoms with E-state index in [4.69, 9.17) is 4.74 Å². The number of hydrogen-bond donors (Lipinski definition) is 0. The fraction of sp³-hybridized carbons (Fsp3) is 0.560. The van der Waals surface area contributed by atoms with Gasteiger partial charge in [-0.25, -0.2) is 4.39 Å². The average molecular weight is 472 g/mol. The summed E-state index contributed by atoms with van der Waals surface area (Å²) in [5.41, 5.74) is 1.02. The van der Waals surface area contributed by atoms with E-state index in [1.165, 1.54) is 12.1 Å². The molecule has 1 aromatic carbocycles. The van der Waals surface area contributed by atoms with Crippen molar-refractivity contribution in [3.63, 3.8) is 0 Å². The molecule has 0 spiro atoms. The highest BCUT2D eigenvalue weighted by Crippen LogP contribution is 2.27. The van der Waals surface area contributed by atoms with Crippen molar-refractivity contribution in [2.45, 2.75) is 38.8 Å². The first-order valence-corrected chi connectivity index (χ1v) is 12.0. The third kappa shape index (κ3) is 6.14. The third-order valence-corrected chi connectivity index (χ3v) is 6.88. The summed E-state index contributed by atoms with van der Waals surface area (Å²) >= 11 is 0. The number of piperidine rings is 1. The molecule has 4 rings (SSSR count). The average Bonchev–Trinajstić information content (AvgIpc) is 3.25. The summed E-state index contributed by atoms with van der Waals surface area (Å²) < 4.78 is 21.4. The Bertz CT molecular complexity index is 971. The van der Waals surface area contributed by atoms with Crippen LogP contribution >= 0.6 is 0 Å². The van der Waals surface area contributed by atoms with Crippen LogP contribution in [0.3, 0.4) is 0 Å². The SMILES string of the molecule is Cc1ccnn1CCC(=O)N1CC[C@H](Oc2ccc(F)cc2)[C@@H](CC(=O)N2CCN(C)CC2)C1. The fourth-order valence-electron chi connectivity index (χ4n) is 4.68. The minimum Gasteiger partial charge on any atom is -0.490 e. The number of likely N-dealkylation sites (N-methyl/N-ethyl adjacent to an activating group) is 1. The van der Waals surface area contributed by atoms with E-state index in [9.17, 15) is 14.0 Å². The molecule has 2 aliphatic heterocycles. The van der Waals surface area contributed by atoms with E-state index in [2.05, 4.69) is 17.0 Å². The summed E-state index contributed by atoms with van der Waals surface area (Å²) in [5, 5.41) is 4.25. The summed E-state index contributed by atoms with van der Waals surface area (Å²) in [7, 11) is 2.06. The molecule has 0 bridgehead atoms. The van der Waals surface area contributed by atoms with Gasteiger partial charge in [-0.2, -0.15) is 5.10 Å². The summed E-state index contributed by atoms with van der Waals surface area (Å²) in [6, 6.07) is 7.88. The van der Waals surface area contributed by atoms with Gasteiger partial charge in [0, 0.05) is 82.9 Å². The number of aryl methyl sites for hydroxylation is 2. The van der Waals surface area contributed by atoms with Gasteiger partial charge < -0.3 is 19.4 Å². The molecular weight excluding hydrogens is 437 g/mol. The third-order valence-electron chi connectivity index (χ3n) is 6.88. The van der Waals surface area contributed by atoms with Crippen LogP contribution in [0.4, 0.5) is 4.39 Å². The molecule has 2 saturated heterocycles. The number of ether oxygens (including phenoxy) is 1. The first-order chi connectivity index (χ1) is 16.4. The lowest BCUT2D eigenvalue weighted by atomic mass is 9.90. The highest BCUT2D eigenvalue weighted by atomic mass is 19.1. The lowest BCUT2D eigenvalue weighted by molar-refractivity contribution is -0.140. The number of piperazine rings is 1. The number of halogens is 1. The second-order valence-electron chi connectivity index (χ2n) is 9.33. The summed E-state index contributed by atoms with van der Waals surface area (Å²) in [5.74, 6) is 0.306. The Morgan fingerprint density at radius 2 is 1.76 bits per heavy atom. The number of rotatable bonds is 7. The number of hydrogen-bond acceptors (Lipinski definition) is 5. The maximum Gasteiger partial charge on any atom is 0.224 e. The Labute approximate surface area is 200 Å². The Hall–Kier alpha value is -2.94. The van der Waals surface area contributed by atoms with E-state index in [0.29, 0.717) is 44.6 Å². The van der Waals surface area contributed by atoms with Crippen molar-refractivity contribution in [1.29, 1.82) is 0 Å². The van der Waals surface area contributed by atoms with Crippen LogP contribution in [0.25, 0.3) is 0 Å². The van der Waals surface area contributed by atoms with Crippen LogP contribution < -0.4 is 4.74 Å². The first-order valence-electron chi connectivity index (χ1n) is 12.0. The van der Waals surface area contributed by atoms with Crippen LogP contribution in [0.15, 0.2) is 36.5 Å². The molecule has 2 atom stereocenters. The zero-order valence-corrected chi connectivity index (χ0v) is 20.0. The number of amides is 2. The lowest BCUT2D eigenvalue weighted by Gasteiger charge is -2.40. The molecule has 1 aromatic heterocycles. The van der Waals surface area contributed by atoms with Crippen molar-refractivity contribution in [2.75, 3.05) is 46.3 Å². The predicted molar refractivity (Wildman–Crippen MR) is 126 cm³/mol.